The van der Waals surface area contributed by atoms with Gasteiger partial charge in [-0.25, -0.2) is 0 Å². The number of methoxy groups -OCH3 is 1. The number of hydrogen-bond acceptors (Lipinski definition) is 4. The van der Waals surface area contributed by atoms with Gasteiger partial charge in [0.15, 0.2) is 0 Å². The molecule has 15 heavy (non-hydrogen) atoms. The maximum absolute atomic E-state index is 6.02. The van der Waals surface area contributed by atoms with Crippen molar-refractivity contribution in [1.82, 2.24) is 15.1 Å². The number of alkyl halides is 1. The van der Waals surface area contributed by atoms with Crippen LogP contribution < -0.4 is 4.74 Å². The minimum Gasteiger partial charge on any atom is -0.480 e. The van der Waals surface area contributed by atoms with Crippen LogP contribution in [0, 0.1) is 0 Å². The Morgan fingerprint density at radius 1 is 1.53 bits per heavy atom. The molecule has 1 fully saturated rings. The Morgan fingerprint density at radius 2 is 2.40 bits per heavy atom. The summed E-state index contributed by atoms with van der Waals surface area (Å²) in [4.78, 5) is 2.29. The van der Waals surface area contributed by atoms with Crippen molar-refractivity contribution in [3.63, 3.8) is 0 Å². The van der Waals surface area contributed by atoms with Gasteiger partial charge in [-0.15, -0.1) is 16.7 Å². The smallest absolute Gasteiger partial charge is 0.233 e. The van der Waals surface area contributed by atoms with Gasteiger partial charge in [0.05, 0.1) is 12.8 Å². The fourth-order valence-electron chi connectivity index (χ4n) is 1.70. The minimum absolute atomic E-state index is 0.288. The summed E-state index contributed by atoms with van der Waals surface area (Å²) in [7, 11) is 1.59. The molecule has 0 spiro atoms. The summed E-state index contributed by atoms with van der Waals surface area (Å²) in [6, 6.07) is 3.77. The summed E-state index contributed by atoms with van der Waals surface area (Å²) in [6.07, 6.45) is 1.06. The van der Waals surface area contributed by atoms with E-state index in [1.54, 1.807) is 7.11 Å². The van der Waals surface area contributed by atoms with Crippen LogP contribution in [-0.4, -0.2) is 40.7 Å². The first-order valence-corrected chi connectivity index (χ1v) is 5.44. The largest absolute Gasteiger partial charge is 0.480 e. The normalized spacial score (nSPS) is 21.9. The van der Waals surface area contributed by atoms with Crippen molar-refractivity contribution < 1.29 is 4.74 Å². The molecule has 0 aromatic carbocycles. The monoisotopic (exact) mass is 227 g/mol. The highest BCUT2D eigenvalue weighted by atomic mass is 35.5. The topological polar surface area (TPSA) is 38.2 Å². The van der Waals surface area contributed by atoms with Gasteiger partial charge in [-0.2, -0.15) is 5.10 Å². The summed E-state index contributed by atoms with van der Waals surface area (Å²) in [6.45, 7) is 2.80. The third-order valence-electron chi connectivity index (χ3n) is 2.50. The Balaban J connectivity index is 1.93. The minimum atomic E-state index is 0.288. The second-order valence-electron chi connectivity index (χ2n) is 3.69. The standard InChI is InChI=1S/C10H14ClN3O/c1-15-10-3-2-9(12-13-10)7-14-5-4-8(11)6-14/h2-3,8H,4-7H2,1H3. The number of nitrogens with zero attached hydrogens (tertiary/aromatic N) is 3. The molecule has 1 atom stereocenters. The molecular weight excluding hydrogens is 214 g/mol. The molecule has 1 aliphatic rings. The third kappa shape index (κ3) is 2.79. The zero-order chi connectivity index (χ0) is 10.7. The van der Waals surface area contributed by atoms with Crippen LogP contribution in [0.15, 0.2) is 12.1 Å². The van der Waals surface area contributed by atoms with Crippen molar-refractivity contribution in [2.75, 3.05) is 20.2 Å². The van der Waals surface area contributed by atoms with E-state index in [0.29, 0.717) is 5.88 Å². The highest BCUT2D eigenvalue weighted by Gasteiger charge is 2.20. The first kappa shape index (κ1) is 10.6. The van der Waals surface area contributed by atoms with Crippen LogP contribution in [0.5, 0.6) is 5.88 Å². The van der Waals surface area contributed by atoms with Crippen LogP contribution in [0.3, 0.4) is 0 Å². The Kier molecular flexibility index (Phi) is 3.38. The second kappa shape index (κ2) is 4.77. The number of aromatic nitrogens is 2. The number of halogens is 1. The summed E-state index contributed by atoms with van der Waals surface area (Å²) in [5.74, 6) is 0.551. The zero-order valence-corrected chi connectivity index (χ0v) is 9.44. The van der Waals surface area contributed by atoms with Crippen molar-refractivity contribution in [2.24, 2.45) is 0 Å². The molecule has 4 nitrogen and oxygen atoms in total. The van der Waals surface area contributed by atoms with Crippen molar-refractivity contribution >= 4 is 11.6 Å². The number of ether oxygens (including phenoxy) is 1. The van der Waals surface area contributed by atoms with Gasteiger partial charge in [0.2, 0.25) is 5.88 Å². The van der Waals surface area contributed by atoms with Crippen LogP contribution in [-0.2, 0) is 6.54 Å². The number of rotatable bonds is 3. The summed E-state index contributed by atoms with van der Waals surface area (Å²) >= 11 is 6.02. The van der Waals surface area contributed by atoms with Crippen molar-refractivity contribution in [3.05, 3.63) is 17.8 Å². The van der Waals surface area contributed by atoms with Crippen molar-refractivity contribution in [2.45, 2.75) is 18.3 Å². The molecule has 1 aromatic rings. The van der Waals surface area contributed by atoms with Gasteiger partial charge in [-0.3, -0.25) is 4.90 Å². The lowest BCUT2D eigenvalue weighted by atomic mass is 10.3. The molecule has 5 heteroatoms. The Hall–Kier alpha value is -0.870. The third-order valence-corrected chi connectivity index (χ3v) is 2.86. The van der Waals surface area contributed by atoms with Gasteiger partial charge in [0.1, 0.15) is 0 Å². The van der Waals surface area contributed by atoms with Crippen LogP contribution >= 0.6 is 11.6 Å². The van der Waals surface area contributed by atoms with Crippen LogP contribution in [0.2, 0.25) is 0 Å². The molecule has 0 bridgehead atoms. The fraction of sp³-hybridized carbons (Fsp3) is 0.600. The maximum atomic E-state index is 6.02. The molecule has 1 aromatic heterocycles. The lowest BCUT2D eigenvalue weighted by Gasteiger charge is -2.13. The van der Waals surface area contributed by atoms with E-state index in [9.17, 15) is 0 Å². The number of likely N-dealkylation sites (tertiary alicyclic amines) is 1. The lowest BCUT2D eigenvalue weighted by molar-refractivity contribution is 0.324. The Bertz CT molecular complexity index is 317. The second-order valence-corrected chi connectivity index (χ2v) is 4.31. The molecular formula is C10H14ClN3O. The van der Waals surface area contributed by atoms with E-state index in [4.69, 9.17) is 16.3 Å². The summed E-state index contributed by atoms with van der Waals surface area (Å²) < 4.78 is 4.95. The van der Waals surface area contributed by atoms with E-state index in [2.05, 4.69) is 15.1 Å². The predicted molar refractivity (Wildman–Crippen MR) is 58.1 cm³/mol. The first-order chi connectivity index (χ1) is 7.28. The molecule has 0 N–H and O–H groups in total. The molecule has 0 radical (unpaired) electrons. The SMILES string of the molecule is COc1ccc(CN2CCC(Cl)C2)nn1. The molecule has 1 saturated heterocycles. The van der Waals surface area contributed by atoms with E-state index >= 15 is 0 Å². The van der Waals surface area contributed by atoms with Crippen molar-refractivity contribution in [1.29, 1.82) is 0 Å². The van der Waals surface area contributed by atoms with Gasteiger partial charge < -0.3 is 4.74 Å². The average Bonchev–Trinajstić information content (AvgIpc) is 2.65. The van der Waals surface area contributed by atoms with E-state index in [0.717, 1.165) is 31.7 Å². The van der Waals surface area contributed by atoms with Gasteiger partial charge in [-0.1, -0.05) is 0 Å². The van der Waals surface area contributed by atoms with Gasteiger partial charge in [0, 0.05) is 31.1 Å². The molecule has 0 aliphatic carbocycles. The van der Waals surface area contributed by atoms with Crippen LogP contribution in [0.4, 0.5) is 0 Å². The molecule has 0 amide bonds. The van der Waals surface area contributed by atoms with E-state index in [1.807, 2.05) is 12.1 Å². The quantitative estimate of drug-likeness (QED) is 0.730. The average molecular weight is 228 g/mol. The summed E-state index contributed by atoms with van der Waals surface area (Å²) in [5.41, 5.74) is 0.960. The van der Waals surface area contributed by atoms with Gasteiger partial charge in [-0.05, 0) is 12.5 Å². The molecule has 2 heterocycles. The van der Waals surface area contributed by atoms with E-state index in [1.165, 1.54) is 0 Å². The van der Waals surface area contributed by atoms with E-state index < -0.39 is 0 Å². The maximum Gasteiger partial charge on any atom is 0.233 e. The Morgan fingerprint density at radius 3 is 2.93 bits per heavy atom. The predicted octanol–water partition coefficient (Wildman–Crippen LogP) is 1.30. The molecule has 0 saturated carbocycles. The Labute approximate surface area is 94.2 Å². The van der Waals surface area contributed by atoms with Crippen LogP contribution in [0.1, 0.15) is 12.1 Å². The highest BCUT2D eigenvalue weighted by molar-refractivity contribution is 6.20. The highest BCUT2D eigenvalue weighted by Crippen LogP contribution is 2.16. The van der Waals surface area contributed by atoms with E-state index in [-0.39, 0.29) is 5.38 Å². The fourth-order valence-corrected chi connectivity index (χ4v) is 1.99. The van der Waals surface area contributed by atoms with Crippen molar-refractivity contribution in [3.8, 4) is 5.88 Å². The first-order valence-electron chi connectivity index (χ1n) is 5.01. The lowest BCUT2D eigenvalue weighted by Crippen LogP contribution is -2.21. The molecule has 1 aliphatic heterocycles. The number of hydrogen-bond donors (Lipinski definition) is 0. The van der Waals surface area contributed by atoms with Crippen LogP contribution in [0.25, 0.3) is 0 Å². The zero-order valence-electron chi connectivity index (χ0n) is 8.69. The molecule has 1 unspecified atom stereocenters. The van der Waals surface area contributed by atoms with Gasteiger partial charge >= 0.3 is 0 Å². The molecule has 2 rings (SSSR count). The van der Waals surface area contributed by atoms with Gasteiger partial charge in [0.25, 0.3) is 0 Å². The summed E-state index contributed by atoms with van der Waals surface area (Å²) in [5, 5.41) is 8.29. The molecule has 82 valence electrons.